The van der Waals surface area contributed by atoms with Crippen molar-refractivity contribution in [2.75, 3.05) is 0 Å². The third kappa shape index (κ3) is 2.20. The van der Waals surface area contributed by atoms with Crippen molar-refractivity contribution in [3.8, 4) is 11.1 Å². The Morgan fingerprint density at radius 1 is 1.19 bits per heavy atom. The Kier molecular flexibility index (Phi) is 2.88. The molecule has 3 nitrogen and oxygen atoms in total. The summed E-state index contributed by atoms with van der Waals surface area (Å²) in [7, 11) is 0. The molecule has 0 saturated heterocycles. The summed E-state index contributed by atoms with van der Waals surface area (Å²) < 4.78 is 0. The number of pyridine rings is 1. The molecular weight excluding hydrogens is 226 g/mol. The van der Waals surface area contributed by atoms with Gasteiger partial charge in [0, 0.05) is 11.2 Å². The van der Waals surface area contributed by atoms with Crippen LogP contribution < -0.4 is 0 Å². The van der Waals surface area contributed by atoms with Crippen LogP contribution in [0.25, 0.3) is 11.1 Å². The van der Waals surface area contributed by atoms with Crippen molar-refractivity contribution in [2.24, 2.45) is 0 Å². The summed E-state index contributed by atoms with van der Waals surface area (Å²) in [6, 6.07) is 10.5. The number of hydrogen-bond acceptors (Lipinski definition) is 2. The van der Waals surface area contributed by atoms with E-state index in [1.807, 2.05) is 12.1 Å². The number of halogens is 1. The Morgan fingerprint density at radius 3 is 2.62 bits per heavy atom. The Morgan fingerprint density at radius 2 is 1.94 bits per heavy atom. The van der Waals surface area contributed by atoms with Gasteiger partial charge in [0.05, 0.1) is 0 Å². The average Bonchev–Trinajstić information content (AvgIpc) is 2.29. The maximum atomic E-state index is 10.8. The van der Waals surface area contributed by atoms with Crippen molar-refractivity contribution in [3.63, 3.8) is 0 Å². The van der Waals surface area contributed by atoms with E-state index in [4.69, 9.17) is 16.7 Å². The Bertz CT molecular complexity index is 540. The molecule has 0 atom stereocenters. The smallest absolute Gasteiger partial charge is 0.354 e. The van der Waals surface area contributed by atoms with Crippen molar-refractivity contribution in [2.45, 2.75) is 0 Å². The van der Waals surface area contributed by atoms with Crippen LogP contribution in [0.15, 0.2) is 42.6 Å². The summed E-state index contributed by atoms with van der Waals surface area (Å²) >= 11 is 5.87. The van der Waals surface area contributed by atoms with Crippen LogP contribution in [0.5, 0.6) is 0 Å². The number of benzene rings is 1. The molecule has 0 radical (unpaired) electrons. The van der Waals surface area contributed by atoms with Crippen LogP contribution >= 0.6 is 11.6 Å². The third-order valence-electron chi connectivity index (χ3n) is 2.14. The van der Waals surface area contributed by atoms with Gasteiger partial charge in [-0.3, -0.25) is 0 Å². The maximum Gasteiger partial charge on any atom is 0.354 e. The standard InChI is InChI=1S/C12H8ClNO2/c13-10-3-1-2-8(6-10)9-4-5-14-11(7-9)12(15)16/h1-7H,(H,15,16). The number of carboxylic acid groups (broad SMARTS) is 1. The molecule has 0 amide bonds. The van der Waals surface area contributed by atoms with Gasteiger partial charge in [0.25, 0.3) is 0 Å². The van der Waals surface area contributed by atoms with E-state index in [9.17, 15) is 4.79 Å². The molecule has 4 heteroatoms. The largest absolute Gasteiger partial charge is 0.477 e. The van der Waals surface area contributed by atoms with Crippen LogP contribution in [-0.4, -0.2) is 16.1 Å². The topological polar surface area (TPSA) is 50.2 Å². The monoisotopic (exact) mass is 233 g/mol. The molecular formula is C12H8ClNO2. The zero-order valence-corrected chi connectivity index (χ0v) is 8.98. The first-order chi connectivity index (χ1) is 7.66. The Labute approximate surface area is 97.3 Å². The fraction of sp³-hybridized carbons (Fsp3) is 0. The van der Waals surface area contributed by atoms with Crippen molar-refractivity contribution in [1.29, 1.82) is 0 Å². The number of rotatable bonds is 2. The molecule has 1 aromatic heterocycles. The zero-order valence-electron chi connectivity index (χ0n) is 8.22. The van der Waals surface area contributed by atoms with Gasteiger partial charge in [0.1, 0.15) is 5.69 Å². The maximum absolute atomic E-state index is 10.8. The molecule has 1 aromatic carbocycles. The molecule has 0 spiro atoms. The molecule has 0 aliphatic rings. The van der Waals surface area contributed by atoms with Gasteiger partial charge in [0.2, 0.25) is 0 Å². The summed E-state index contributed by atoms with van der Waals surface area (Å²) in [5.41, 5.74) is 1.68. The number of hydrogen-bond donors (Lipinski definition) is 1. The molecule has 0 bridgehead atoms. The average molecular weight is 234 g/mol. The van der Waals surface area contributed by atoms with E-state index in [0.717, 1.165) is 11.1 Å². The lowest BCUT2D eigenvalue weighted by molar-refractivity contribution is 0.0690. The number of carboxylic acids is 1. The van der Waals surface area contributed by atoms with Gasteiger partial charge >= 0.3 is 5.97 Å². The highest BCUT2D eigenvalue weighted by molar-refractivity contribution is 6.30. The number of nitrogens with zero attached hydrogens (tertiary/aromatic N) is 1. The molecule has 0 saturated carbocycles. The molecule has 1 N–H and O–H groups in total. The van der Waals surface area contributed by atoms with E-state index in [2.05, 4.69) is 4.98 Å². The van der Waals surface area contributed by atoms with Gasteiger partial charge in [-0.05, 0) is 35.4 Å². The Hall–Kier alpha value is -1.87. The number of carbonyl (C=O) groups is 1. The SMILES string of the molecule is O=C(O)c1cc(-c2cccc(Cl)c2)ccn1. The first-order valence-corrected chi connectivity index (χ1v) is 5.00. The predicted octanol–water partition coefficient (Wildman–Crippen LogP) is 3.10. The lowest BCUT2D eigenvalue weighted by Gasteiger charge is -2.02. The molecule has 2 aromatic rings. The van der Waals surface area contributed by atoms with Gasteiger partial charge in [0.15, 0.2) is 0 Å². The van der Waals surface area contributed by atoms with Crippen LogP contribution in [0, 0.1) is 0 Å². The summed E-state index contributed by atoms with van der Waals surface area (Å²) in [6.45, 7) is 0. The van der Waals surface area contributed by atoms with Crippen LogP contribution in [-0.2, 0) is 0 Å². The zero-order chi connectivity index (χ0) is 11.5. The van der Waals surface area contributed by atoms with Crippen LogP contribution in [0.4, 0.5) is 0 Å². The second-order valence-electron chi connectivity index (χ2n) is 3.25. The summed E-state index contributed by atoms with van der Waals surface area (Å²) in [5, 5.41) is 9.44. The van der Waals surface area contributed by atoms with Crippen LogP contribution in [0.2, 0.25) is 5.02 Å². The fourth-order valence-corrected chi connectivity index (χ4v) is 1.59. The third-order valence-corrected chi connectivity index (χ3v) is 2.37. The molecule has 2 rings (SSSR count). The highest BCUT2D eigenvalue weighted by Gasteiger charge is 2.06. The Balaban J connectivity index is 2.48. The fourth-order valence-electron chi connectivity index (χ4n) is 1.40. The van der Waals surface area contributed by atoms with Crippen molar-refractivity contribution >= 4 is 17.6 Å². The van der Waals surface area contributed by atoms with E-state index in [1.165, 1.54) is 12.3 Å². The van der Waals surface area contributed by atoms with Crippen molar-refractivity contribution in [3.05, 3.63) is 53.3 Å². The van der Waals surface area contributed by atoms with E-state index < -0.39 is 5.97 Å². The van der Waals surface area contributed by atoms with Crippen molar-refractivity contribution in [1.82, 2.24) is 4.98 Å². The lowest BCUT2D eigenvalue weighted by atomic mass is 10.1. The molecule has 0 aliphatic heterocycles. The summed E-state index contributed by atoms with van der Waals surface area (Å²) in [5.74, 6) is -1.04. The number of aromatic nitrogens is 1. The lowest BCUT2D eigenvalue weighted by Crippen LogP contribution is -1.99. The normalized spacial score (nSPS) is 10.1. The van der Waals surface area contributed by atoms with Crippen LogP contribution in [0.1, 0.15) is 10.5 Å². The van der Waals surface area contributed by atoms with Crippen LogP contribution in [0.3, 0.4) is 0 Å². The molecule has 1 heterocycles. The quantitative estimate of drug-likeness (QED) is 0.867. The van der Waals surface area contributed by atoms with Gasteiger partial charge in [-0.2, -0.15) is 0 Å². The minimum absolute atomic E-state index is 0.0254. The highest BCUT2D eigenvalue weighted by atomic mass is 35.5. The van der Waals surface area contributed by atoms with E-state index in [0.29, 0.717) is 5.02 Å². The van der Waals surface area contributed by atoms with Gasteiger partial charge < -0.3 is 5.11 Å². The molecule has 80 valence electrons. The van der Waals surface area contributed by atoms with E-state index in [1.54, 1.807) is 18.2 Å². The van der Waals surface area contributed by atoms with Gasteiger partial charge in [-0.25, -0.2) is 9.78 Å². The van der Waals surface area contributed by atoms with Crippen molar-refractivity contribution < 1.29 is 9.90 Å². The highest BCUT2D eigenvalue weighted by Crippen LogP contribution is 2.22. The predicted molar refractivity (Wildman–Crippen MR) is 61.6 cm³/mol. The van der Waals surface area contributed by atoms with E-state index in [-0.39, 0.29) is 5.69 Å². The minimum Gasteiger partial charge on any atom is -0.477 e. The summed E-state index contributed by atoms with van der Waals surface area (Å²) in [4.78, 5) is 14.5. The second-order valence-corrected chi connectivity index (χ2v) is 3.68. The molecule has 0 unspecified atom stereocenters. The van der Waals surface area contributed by atoms with E-state index >= 15 is 0 Å². The van der Waals surface area contributed by atoms with Gasteiger partial charge in [-0.15, -0.1) is 0 Å². The summed E-state index contributed by atoms with van der Waals surface area (Å²) in [6.07, 6.45) is 1.47. The first-order valence-electron chi connectivity index (χ1n) is 4.62. The first kappa shape index (κ1) is 10.6. The molecule has 16 heavy (non-hydrogen) atoms. The van der Waals surface area contributed by atoms with Gasteiger partial charge in [-0.1, -0.05) is 23.7 Å². The molecule has 0 aliphatic carbocycles. The number of aromatic carboxylic acids is 1. The minimum atomic E-state index is -1.04. The second kappa shape index (κ2) is 4.33. The molecule has 0 fully saturated rings.